The van der Waals surface area contributed by atoms with Crippen LogP contribution in [0.25, 0.3) is 21.5 Å². The molecule has 0 aliphatic rings. The zero-order chi connectivity index (χ0) is 18.8. The predicted molar refractivity (Wildman–Crippen MR) is 114 cm³/mol. The van der Waals surface area contributed by atoms with Crippen LogP contribution in [0.5, 0.6) is 0 Å². The Labute approximate surface area is 168 Å². The molecule has 0 spiro atoms. The number of carbonyl (C=O) groups is 1. The van der Waals surface area contributed by atoms with E-state index in [1.165, 1.54) is 33.5 Å². The lowest BCUT2D eigenvalue weighted by Gasteiger charge is -2.03. The van der Waals surface area contributed by atoms with Crippen molar-refractivity contribution in [3.05, 3.63) is 52.5 Å². The Morgan fingerprint density at radius 2 is 2.00 bits per heavy atom. The van der Waals surface area contributed by atoms with Crippen LogP contribution in [0, 0.1) is 13.8 Å². The van der Waals surface area contributed by atoms with Crippen molar-refractivity contribution in [1.82, 2.24) is 15.0 Å². The second kappa shape index (κ2) is 7.75. The topological polar surface area (TPSA) is 67.8 Å². The number of thioether (sulfide) groups is 1. The molecule has 1 amide bonds. The van der Waals surface area contributed by atoms with Crippen molar-refractivity contribution in [2.75, 3.05) is 11.1 Å². The van der Waals surface area contributed by atoms with Crippen LogP contribution in [0.4, 0.5) is 5.13 Å². The van der Waals surface area contributed by atoms with E-state index < -0.39 is 0 Å². The van der Waals surface area contributed by atoms with Crippen molar-refractivity contribution >= 4 is 55.7 Å². The number of benzene rings is 1. The van der Waals surface area contributed by atoms with Crippen molar-refractivity contribution in [1.29, 1.82) is 0 Å². The number of hydrogen-bond acceptors (Lipinski definition) is 7. The van der Waals surface area contributed by atoms with Crippen molar-refractivity contribution in [3.63, 3.8) is 0 Å². The number of thiazole rings is 1. The Bertz CT molecular complexity index is 1100. The van der Waals surface area contributed by atoms with Gasteiger partial charge < -0.3 is 5.32 Å². The molecule has 0 aliphatic heterocycles. The molecule has 0 bridgehead atoms. The van der Waals surface area contributed by atoms with E-state index in [1.54, 1.807) is 17.7 Å². The number of nitrogens with zero attached hydrogens (tertiary/aromatic N) is 3. The maximum Gasteiger partial charge on any atom is 0.236 e. The minimum absolute atomic E-state index is 0.0923. The highest BCUT2D eigenvalue weighted by atomic mass is 32.2. The first-order chi connectivity index (χ1) is 13.1. The van der Waals surface area contributed by atoms with E-state index in [4.69, 9.17) is 0 Å². The molecular weight excluding hydrogens is 396 g/mol. The Balaban J connectivity index is 1.43. The summed E-state index contributed by atoms with van der Waals surface area (Å²) in [5, 5.41) is 7.33. The number of amides is 1. The molecule has 0 fully saturated rings. The number of aryl methyl sites for hydroxylation is 2. The third-order valence-corrected chi connectivity index (χ3v) is 6.95. The summed E-state index contributed by atoms with van der Waals surface area (Å²) in [5.74, 6) is 0.186. The van der Waals surface area contributed by atoms with Crippen LogP contribution in [0.2, 0.25) is 0 Å². The number of rotatable bonds is 5. The average molecular weight is 413 g/mol. The molecular formula is C19H16N4OS3. The molecule has 5 nitrogen and oxygen atoms in total. The molecule has 1 aromatic carbocycles. The summed E-state index contributed by atoms with van der Waals surface area (Å²) < 4.78 is 0. The number of fused-ring (bicyclic) bond motifs is 1. The van der Waals surface area contributed by atoms with Gasteiger partial charge in [-0.15, -0.1) is 22.7 Å². The van der Waals surface area contributed by atoms with Crippen molar-refractivity contribution < 1.29 is 4.79 Å². The molecule has 0 saturated carbocycles. The van der Waals surface area contributed by atoms with E-state index in [2.05, 4.69) is 34.1 Å². The van der Waals surface area contributed by atoms with Gasteiger partial charge in [-0.25, -0.2) is 15.0 Å². The van der Waals surface area contributed by atoms with Gasteiger partial charge in [-0.2, -0.15) is 0 Å². The van der Waals surface area contributed by atoms with Gasteiger partial charge in [-0.05, 0) is 19.4 Å². The van der Waals surface area contributed by atoms with Crippen molar-refractivity contribution in [2.24, 2.45) is 0 Å². The van der Waals surface area contributed by atoms with Crippen molar-refractivity contribution in [2.45, 2.75) is 18.9 Å². The SMILES string of the molecule is Cc1sc2ncnc(SCC(=O)Nc3nc(-c4ccccc4)cs3)c2c1C. The van der Waals surface area contributed by atoms with Gasteiger partial charge in [0.2, 0.25) is 5.91 Å². The standard InChI is InChI=1S/C19H16N4OS3/c1-11-12(2)27-18-16(11)17(20-10-21-18)25-9-15(24)23-19-22-14(8-26-19)13-6-4-3-5-7-13/h3-8,10H,9H2,1-2H3,(H,22,23,24). The fourth-order valence-corrected chi connectivity index (χ4v) is 5.27. The van der Waals surface area contributed by atoms with E-state index >= 15 is 0 Å². The lowest BCUT2D eigenvalue weighted by Crippen LogP contribution is -2.14. The first-order valence-corrected chi connectivity index (χ1v) is 10.9. The molecule has 0 radical (unpaired) electrons. The maximum atomic E-state index is 12.4. The molecule has 0 aliphatic carbocycles. The summed E-state index contributed by atoms with van der Waals surface area (Å²) >= 11 is 4.51. The van der Waals surface area contributed by atoms with Crippen LogP contribution in [0.1, 0.15) is 10.4 Å². The van der Waals surface area contributed by atoms with E-state index in [0.29, 0.717) is 5.13 Å². The highest BCUT2D eigenvalue weighted by Crippen LogP contribution is 2.34. The predicted octanol–water partition coefficient (Wildman–Crippen LogP) is 5.16. The van der Waals surface area contributed by atoms with Crippen LogP contribution >= 0.6 is 34.4 Å². The molecule has 136 valence electrons. The third-order valence-electron chi connectivity index (χ3n) is 4.09. The normalized spacial score (nSPS) is 11.0. The summed E-state index contributed by atoms with van der Waals surface area (Å²) in [7, 11) is 0. The summed E-state index contributed by atoms with van der Waals surface area (Å²) in [6.45, 7) is 4.15. The van der Waals surface area contributed by atoms with Gasteiger partial charge in [0, 0.05) is 21.2 Å². The molecule has 3 aromatic heterocycles. The zero-order valence-electron chi connectivity index (χ0n) is 14.7. The van der Waals surface area contributed by atoms with E-state index in [0.717, 1.165) is 26.5 Å². The van der Waals surface area contributed by atoms with E-state index in [-0.39, 0.29) is 11.7 Å². The summed E-state index contributed by atoms with van der Waals surface area (Å²) in [6.07, 6.45) is 1.56. The molecule has 0 unspecified atom stereocenters. The Kier molecular flexibility index (Phi) is 5.20. The van der Waals surface area contributed by atoms with Crippen LogP contribution in [-0.4, -0.2) is 26.6 Å². The van der Waals surface area contributed by atoms with Crippen LogP contribution in [-0.2, 0) is 4.79 Å². The molecule has 1 N–H and O–H groups in total. The summed E-state index contributed by atoms with van der Waals surface area (Å²) in [4.78, 5) is 27.7. The maximum absolute atomic E-state index is 12.4. The largest absolute Gasteiger partial charge is 0.301 e. The Hall–Kier alpha value is -2.29. The van der Waals surface area contributed by atoms with Crippen LogP contribution in [0.15, 0.2) is 47.1 Å². The van der Waals surface area contributed by atoms with Gasteiger partial charge in [-0.1, -0.05) is 42.1 Å². The minimum Gasteiger partial charge on any atom is -0.301 e. The van der Waals surface area contributed by atoms with Crippen LogP contribution in [0.3, 0.4) is 0 Å². The molecule has 0 atom stereocenters. The molecule has 3 heterocycles. The molecule has 8 heteroatoms. The smallest absolute Gasteiger partial charge is 0.236 e. The number of aromatic nitrogens is 3. The number of thiophene rings is 1. The first kappa shape index (κ1) is 18.1. The summed E-state index contributed by atoms with van der Waals surface area (Å²) in [6, 6.07) is 9.92. The second-order valence-electron chi connectivity index (χ2n) is 5.88. The van der Waals surface area contributed by atoms with Crippen molar-refractivity contribution in [3.8, 4) is 11.3 Å². The molecule has 4 rings (SSSR count). The number of anilines is 1. The first-order valence-electron chi connectivity index (χ1n) is 8.26. The fourth-order valence-electron chi connectivity index (χ4n) is 2.62. The number of hydrogen-bond donors (Lipinski definition) is 1. The van der Waals surface area contributed by atoms with Crippen LogP contribution < -0.4 is 5.32 Å². The molecule has 4 aromatic rings. The molecule has 27 heavy (non-hydrogen) atoms. The van der Waals surface area contributed by atoms with Gasteiger partial charge in [0.05, 0.1) is 11.4 Å². The average Bonchev–Trinajstić information content (AvgIpc) is 3.26. The van der Waals surface area contributed by atoms with Gasteiger partial charge in [-0.3, -0.25) is 4.79 Å². The second-order valence-corrected chi connectivity index (χ2v) is 8.91. The zero-order valence-corrected chi connectivity index (χ0v) is 17.2. The van der Waals surface area contributed by atoms with Gasteiger partial charge in [0.1, 0.15) is 16.2 Å². The monoisotopic (exact) mass is 412 g/mol. The Morgan fingerprint density at radius 3 is 2.81 bits per heavy atom. The van der Waals surface area contributed by atoms with Gasteiger partial charge in [0.15, 0.2) is 5.13 Å². The van der Waals surface area contributed by atoms with E-state index in [9.17, 15) is 4.79 Å². The number of carbonyl (C=O) groups excluding carboxylic acids is 1. The highest BCUT2D eigenvalue weighted by molar-refractivity contribution is 8.00. The van der Waals surface area contributed by atoms with Gasteiger partial charge in [0.25, 0.3) is 0 Å². The quantitative estimate of drug-likeness (QED) is 0.362. The Morgan fingerprint density at radius 1 is 1.19 bits per heavy atom. The summed E-state index contributed by atoms with van der Waals surface area (Å²) in [5.41, 5.74) is 3.09. The number of nitrogens with one attached hydrogen (secondary N) is 1. The minimum atomic E-state index is -0.0923. The third kappa shape index (κ3) is 3.87. The fraction of sp³-hybridized carbons (Fsp3) is 0.158. The van der Waals surface area contributed by atoms with Gasteiger partial charge >= 0.3 is 0 Å². The lowest BCUT2D eigenvalue weighted by molar-refractivity contribution is -0.113. The highest BCUT2D eigenvalue weighted by Gasteiger charge is 2.14. The molecule has 0 saturated heterocycles. The lowest BCUT2D eigenvalue weighted by atomic mass is 10.2. The van der Waals surface area contributed by atoms with E-state index in [1.807, 2.05) is 35.7 Å².